The third-order valence-corrected chi connectivity index (χ3v) is 7.03. The number of hydrogen-bond acceptors (Lipinski definition) is 5. The zero-order valence-corrected chi connectivity index (χ0v) is 18.4. The smallest absolute Gasteiger partial charge is 0.404 e. The van der Waals surface area contributed by atoms with Gasteiger partial charge in [0.05, 0.1) is 12.6 Å². The monoisotopic (exact) mass is 411 g/mol. The normalized spacial score (nSPS) is 19.9. The third-order valence-electron chi connectivity index (χ3n) is 7.03. The minimum atomic E-state index is -0.473. The van der Waals surface area contributed by atoms with Crippen LogP contribution in [-0.4, -0.2) is 36.0 Å². The summed E-state index contributed by atoms with van der Waals surface area (Å²) in [4.78, 5) is 15.2. The number of rotatable bonds is 4. The zero-order chi connectivity index (χ0) is 21.4. The van der Waals surface area contributed by atoms with Crippen LogP contribution in [0.4, 0.5) is 11.6 Å². The van der Waals surface area contributed by atoms with Crippen molar-refractivity contribution in [2.45, 2.75) is 58.4 Å². The molecule has 0 radical (unpaired) electrons. The summed E-state index contributed by atoms with van der Waals surface area (Å²) in [5, 5.41) is 10.8. The molecule has 1 aromatic carbocycles. The zero-order valence-electron chi connectivity index (χ0n) is 18.4. The SMILES string of the molecule is CC(C)(C)c1cccc(N2CCC3(CCN(Cc4ccc([N+](=O)[O-])o4)CC3)CC2)c1. The summed E-state index contributed by atoms with van der Waals surface area (Å²) in [5.74, 6) is 0.521. The van der Waals surface area contributed by atoms with E-state index in [1.807, 2.05) is 0 Å². The van der Waals surface area contributed by atoms with Crippen LogP contribution in [-0.2, 0) is 12.0 Å². The molecule has 4 rings (SSSR count). The van der Waals surface area contributed by atoms with Crippen LogP contribution >= 0.6 is 0 Å². The maximum atomic E-state index is 10.8. The molecule has 1 aromatic heterocycles. The molecule has 30 heavy (non-hydrogen) atoms. The van der Waals surface area contributed by atoms with Crippen LogP contribution < -0.4 is 4.90 Å². The van der Waals surface area contributed by atoms with Gasteiger partial charge in [-0.05, 0) is 73.4 Å². The van der Waals surface area contributed by atoms with Crippen molar-refractivity contribution in [3.63, 3.8) is 0 Å². The Balaban J connectivity index is 1.31. The Morgan fingerprint density at radius 1 is 1.03 bits per heavy atom. The van der Waals surface area contributed by atoms with Gasteiger partial charge in [-0.1, -0.05) is 32.9 Å². The van der Waals surface area contributed by atoms with Crippen LogP contribution in [0.5, 0.6) is 0 Å². The Kier molecular flexibility index (Phi) is 5.62. The minimum Gasteiger partial charge on any atom is -0.404 e. The van der Waals surface area contributed by atoms with Gasteiger partial charge in [0.2, 0.25) is 0 Å². The molecule has 2 aliphatic rings. The highest BCUT2D eigenvalue weighted by Gasteiger charge is 2.37. The van der Waals surface area contributed by atoms with Crippen LogP contribution in [0.1, 0.15) is 57.8 Å². The van der Waals surface area contributed by atoms with Crippen molar-refractivity contribution < 1.29 is 9.34 Å². The second kappa shape index (κ2) is 8.06. The van der Waals surface area contributed by atoms with Gasteiger partial charge in [-0.25, -0.2) is 0 Å². The predicted molar refractivity (Wildman–Crippen MR) is 119 cm³/mol. The maximum Gasteiger partial charge on any atom is 0.433 e. The van der Waals surface area contributed by atoms with Crippen molar-refractivity contribution in [3.05, 3.63) is 57.8 Å². The first-order valence-corrected chi connectivity index (χ1v) is 11.1. The summed E-state index contributed by atoms with van der Waals surface area (Å²) < 4.78 is 5.33. The van der Waals surface area contributed by atoms with Crippen LogP contribution in [0, 0.1) is 15.5 Å². The summed E-state index contributed by atoms with van der Waals surface area (Å²) in [5.41, 5.74) is 3.37. The lowest BCUT2D eigenvalue weighted by Gasteiger charge is -2.47. The van der Waals surface area contributed by atoms with Gasteiger partial charge in [0, 0.05) is 18.8 Å². The molecule has 2 fully saturated rings. The lowest BCUT2D eigenvalue weighted by molar-refractivity contribution is -0.402. The van der Waals surface area contributed by atoms with Gasteiger partial charge in [0.1, 0.15) is 10.7 Å². The Morgan fingerprint density at radius 2 is 1.70 bits per heavy atom. The van der Waals surface area contributed by atoms with Gasteiger partial charge in [-0.15, -0.1) is 0 Å². The summed E-state index contributed by atoms with van der Waals surface area (Å²) in [6, 6.07) is 12.2. The van der Waals surface area contributed by atoms with Crippen LogP contribution in [0.3, 0.4) is 0 Å². The van der Waals surface area contributed by atoms with E-state index in [0.717, 1.165) is 26.2 Å². The average molecular weight is 412 g/mol. The molecule has 0 atom stereocenters. The van der Waals surface area contributed by atoms with E-state index >= 15 is 0 Å². The van der Waals surface area contributed by atoms with E-state index in [0.29, 0.717) is 17.7 Å². The van der Waals surface area contributed by atoms with E-state index in [1.165, 1.54) is 43.0 Å². The minimum absolute atomic E-state index is 0.165. The van der Waals surface area contributed by atoms with E-state index in [1.54, 1.807) is 6.07 Å². The summed E-state index contributed by atoms with van der Waals surface area (Å²) in [7, 11) is 0. The van der Waals surface area contributed by atoms with Gasteiger partial charge in [-0.2, -0.15) is 0 Å². The lowest BCUT2D eigenvalue weighted by atomic mass is 9.71. The molecule has 162 valence electrons. The van der Waals surface area contributed by atoms with Gasteiger partial charge in [0.25, 0.3) is 0 Å². The van der Waals surface area contributed by atoms with E-state index in [-0.39, 0.29) is 11.3 Å². The van der Waals surface area contributed by atoms with E-state index in [2.05, 4.69) is 54.8 Å². The molecular weight excluding hydrogens is 378 g/mol. The van der Waals surface area contributed by atoms with Gasteiger partial charge in [-0.3, -0.25) is 15.0 Å². The van der Waals surface area contributed by atoms with Crippen molar-refractivity contribution in [2.75, 3.05) is 31.1 Å². The Bertz CT molecular complexity index is 881. The largest absolute Gasteiger partial charge is 0.433 e. The summed E-state index contributed by atoms with van der Waals surface area (Å²) >= 11 is 0. The molecule has 3 heterocycles. The molecule has 6 heteroatoms. The van der Waals surface area contributed by atoms with E-state index < -0.39 is 4.92 Å². The average Bonchev–Trinajstić information content (AvgIpc) is 3.19. The number of hydrogen-bond donors (Lipinski definition) is 0. The second-order valence-corrected chi connectivity index (χ2v) is 10.1. The van der Waals surface area contributed by atoms with E-state index in [4.69, 9.17) is 4.42 Å². The predicted octanol–water partition coefficient (Wildman–Crippen LogP) is 5.37. The molecule has 1 spiro atoms. The van der Waals surface area contributed by atoms with Gasteiger partial charge in [0.15, 0.2) is 0 Å². The number of benzene rings is 1. The van der Waals surface area contributed by atoms with Gasteiger partial charge < -0.3 is 9.32 Å². The van der Waals surface area contributed by atoms with Crippen molar-refractivity contribution in [2.24, 2.45) is 5.41 Å². The van der Waals surface area contributed by atoms with Crippen molar-refractivity contribution in [1.29, 1.82) is 0 Å². The highest BCUT2D eigenvalue weighted by molar-refractivity contribution is 5.50. The van der Waals surface area contributed by atoms with Crippen molar-refractivity contribution in [1.82, 2.24) is 4.90 Å². The fourth-order valence-corrected chi connectivity index (χ4v) is 4.86. The van der Waals surface area contributed by atoms with Crippen LogP contribution in [0.2, 0.25) is 0 Å². The summed E-state index contributed by atoms with van der Waals surface area (Å²) in [6.45, 7) is 11.8. The van der Waals surface area contributed by atoms with Gasteiger partial charge >= 0.3 is 5.88 Å². The van der Waals surface area contributed by atoms with Crippen molar-refractivity contribution in [3.8, 4) is 0 Å². The highest BCUT2D eigenvalue weighted by atomic mass is 16.6. The molecule has 0 bridgehead atoms. The van der Waals surface area contributed by atoms with Crippen LogP contribution in [0.15, 0.2) is 40.8 Å². The Labute approximate surface area is 179 Å². The third kappa shape index (κ3) is 4.53. The summed E-state index contributed by atoms with van der Waals surface area (Å²) in [6.07, 6.45) is 4.89. The number of anilines is 1. The molecular formula is C24H33N3O3. The molecule has 2 saturated heterocycles. The maximum absolute atomic E-state index is 10.8. The Morgan fingerprint density at radius 3 is 2.30 bits per heavy atom. The Hall–Kier alpha value is -2.34. The molecule has 6 nitrogen and oxygen atoms in total. The first-order valence-electron chi connectivity index (χ1n) is 11.1. The first kappa shape index (κ1) is 20.9. The number of furan rings is 1. The second-order valence-electron chi connectivity index (χ2n) is 10.1. The standard InChI is InChI=1S/C24H33N3O3/c1-23(2,3)19-5-4-6-20(17-19)26-15-11-24(12-16-26)9-13-25(14-10-24)18-21-7-8-22(30-21)27(28)29/h4-8,17H,9-16,18H2,1-3H3. The number of nitrogens with zero attached hydrogens (tertiary/aromatic N) is 3. The molecule has 0 aliphatic carbocycles. The fraction of sp³-hybridized carbons (Fsp3) is 0.583. The van der Waals surface area contributed by atoms with Crippen molar-refractivity contribution >= 4 is 11.6 Å². The quantitative estimate of drug-likeness (QED) is 0.500. The number of piperidine rings is 2. The number of likely N-dealkylation sites (tertiary alicyclic amines) is 1. The molecule has 2 aliphatic heterocycles. The topological polar surface area (TPSA) is 62.8 Å². The molecule has 0 N–H and O–H groups in total. The fourth-order valence-electron chi connectivity index (χ4n) is 4.86. The molecule has 0 amide bonds. The number of nitro groups is 1. The lowest BCUT2D eigenvalue weighted by Crippen LogP contribution is -2.46. The molecule has 2 aromatic rings. The molecule has 0 saturated carbocycles. The van der Waals surface area contributed by atoms with E-state index in [9.17, 15) is 10.1 Å². The molecule has 0 unspecified atom stereocenters. The highest BCUT2D eigenvalue weighted by Crippen LogP contribution is 2.42. The van der Waals surface area contributed by atoms with Crippen LogP contribution in [0.25, 0.3) is 0 Å². The first-order chi connectivity index (χ1) is 14.2.